The maximum Gasteiger partial charge on any atom is 0.426 e. The molecule has 4 atom stereocenters. The number of alkyl halides is 6. The summed E-state index contributed by atoms with van der Waals surface area (Å²) in [6.07, 6.45) is -10.4. The quantitative estimate of drug-likeness (QED) is 0.482. The highest BCUT2D eigenvalue weighted by Crippen LogP contribution is 2.47. The molecule has 132 valence electrons. The van der Waals surface area contributed by atoms with E-state index in [0.717, 1.165) is 13.3 Å². The van der Waals surface area contributed by atoms with Crippen molar-refractivity contribution in [2.24, 2.45) is 17.8 Å². The maximum atomic E-state index is 12.6. The summed E-state index contributed by atoms with van der Waals surface area (Å²) in [5, 5.41) is 9.09. The topological polar surface area (TPSA) is 46.5 Å². The Hall–Kier alpha value is -1.25. The molecule has 0 radical (unpaired) electrons. The minimum absolute atomic E-state index is 0.0798. The fourth-order valence-electron chi connectivity index (χ4n) is 3.19. The van der Waals surface area contributed by atoms with Gasteiger partial charge in [0.1, 0.15) is 6.10 Å². The van der Waals surface area contributed by atoms with Crippen LogP contribution in [0.5, 0.6) is 0 Å². The molecule has 0 amide bonds. The molecule has 0 heterocycles. The van der Waals surface area contributed by atoms with E-state index in [1.807, 2.05) is 12.2 Å². The molecule has 2 aliphatic rings. The van der Waals surface area contributed by atoms with Gasteiger partial charge in [0.2, 0.25) is 0 Å². The fraction of sp³-hybridized carbons (Fsp3) is 0.786. The Kier molecular flexibility index (Phi) is 4.47. The molecule has 1 N–H and O–H groups in total. The van der Waals surface area contributed by atoms with E-state index < -0.39 is 42.4 Å². The maximum absolute atomic E-state index is 12.6. The van der Waals surface area contributed by atoms with Crippen molar-refractivity contribution < 1.29 is 41.0 Å². The van der Waals surface area contributed by atoms with Crippen LogP contribution in [0.15, 0.2) is 12.2 Å². The largest absolute Gasteiger partial charge is 0.462 e. The zero-order valence-electron chi connectivity index (χ0n) is 12.1. The van der Waals surface area contributed by atoms with Crippen LogP contribution in [0.1, 0.15) is 26.2 Å². The molecule has 3 nitrogen and oxygen atoms in total. The van der Waals surface area contributed by atoms with Gasteiger partial charge in [-0.3, -0.25) is 4.79 Å². The third-order valence-corrected chi connectivity index (χ3v) is 4.42. The Morgan fingerprint density at radius 3 is 2.13 bits per heavy atom. The number of hydrogen-bond acceptors (Lipinski definition) is 3. The Bertz CT molecular complexity index is 482. The number of carbonyl (C=O) groups excluding carboxylic acids is 1. The van der Waals surface area contributed by atoms with Crippen LogP contribution >= 0.6 is 0 Å². The van der Waals surface area contributed by atoms with Gasteiger partial charge >= 0.3 is 18.3 Å². The molecule has 1 saturated carbocycles. The first-order chi connectivity index (χ1) is 10.3. The highest BCUT2D eigenvalue weighted by atomic mass is 19.4. The summed E-state index contributed by atoms with van der Waals surface area (Å²) >= 11 is 0. The van der Waals surface area contributed by atoms with Gasteiger partial charge in [0.05, 0.1) is 5.92 Å². The molecule has 0 aromatic heterocycles. The van der Waals surface area contributed by atoms with Crippen LogP contribution in [0.3, 0.4) is 0 Å². The second-order valence-corrected chi connectivity index (χ2v) is 6.19. The zero-order chi connectivity index (χ0) is 17.6. The van der Waals surface area contributed by atoms with Crippen LogP contribution < -0.4 is 0 Å². The minimum atomic E-state index is -5.92. The SMILES string of the molecule is CC(CC(O)(C(F)(F)F)C(F)(F)F)OC(=O)C1CC2C=CC1C2. The van der Waals surface area contributed by atoms with Gasteiger partial charge in [0.25, 0.3) is 5.60 Å². The lowest BCUT2D eigenvalue weighted by molar-refractivity contribution is -0.373. The van der Waals surface area contributed by atoms with E-state index in [-0.39, 0.29) is 11.8 Å². The number of halogens is 6. The average molecular weight is 346 g/mol. The predicted molar refractivity (Wildman–Crippen MR) is 66.1 cm³/mol. The Morgan fingerprint density at radius 1 is 1.17 bits per heavy atom. The molecule has 0 aliphatic heterocycles. The number of carbonyl (C=O) groups is 1. The van der Waals surface area contributed by atoms with Gasteiger partial charge in [-0.2, -0.15) is 26.3 Å². The summed E-state index contributed by atoms with van der Waals surface area (Å²) in [7, 11) is 0. The van der Waals surface area contributed by atoms with Crippen LogP contribution in [0, 0.1) is 17.8 Å². The zero-order valence-corrected chi connectivity index (χ0v) is 12.1. The van der Waals surface area contributed by atoms with Crippen molar-refractivity contribution in [2.45, 2.75) is 50.2 Å². The number of hydrogen-bond donors (Lipinski definition) is 1. The van der Waals surface area contributed by atoms with Crippen molar-refractivity contribution in [1.82, 2.24) is 0 Å². The highest BCUT2D eigenvalue weighted by Gasteiger charge is 2.70. The fourth-order valence-corrected chi connectivity index (χ4v) is 3.19. The monoisotopic (exact) mass is 346 g/mol. The second-order valence-electron chi connectivity index (χ2n) is 6.19. The Labute approximate surface area is 128 Å². The third kappa shape index (κ3) is 3.34. The van der Waals surface area contributed by atoms with E-state index in [1.54, 1.807) is 0 Å². The molecule has 0 spiro atoms. The van der Waals surface area contributed by atoms with Crippen LogP contribution in [-0.2, 0) is 9.53 Å². The molecule has 2 rings (SSSR count). The van der Waals surface area contributed by atoms with Gasteiger partial charge in [-0.15, -0.1) is 0 Å². The lowest BCUT2D eigenvalue weighted by Gasteiger charge is -2.34. The van der Waals surface area contributed by atoms with E-state index in [0.29, 0.717) is 6.42 Å². The number of aliphatic hydroxyl groups is 1. The molecule has 2 bridgehead atoms. The molecule has 1 fully saturated rings. The van der Waals surface area contributed by atoms with Gasteiger partial charge in [-0.1, -0.05) is 12.2 Å². The summed E-state index contributed by atoms with van der Waals surface area (Å²) < 4.78 is 80.4. The van der Waals surface area contributed by atoms with Crippen LogP contribution in [0.25, 0.3) is 0 Å². The summed E-state index contributed by atoms with van der Waals surface area (Å²) in [5.41, 5.74) is -4.91. The normalized spacial score (nSPS) is 29.0. The van der Waals surface area contributed by atoms with Crippen LogP contribution in [0.4, 0.5) is 26.3 Å². The molecule has 2 aliphatic carbocycles. The van der Waals surface area contributed by atoms with E-state index >= 15 is 0 Å². The summed E-state index contributed by atoms with van der Waals surface area (Å²) in [4.78, 5) is 11.9. The first kappa shape index (κ1) is 18.1. The Balaban J connectivity index is 2.01. The number of ether oxygens (including phenoxy) is 1. The molecule has 0 saturated heterocycles. The molecule has 4 unspecified atom stereocenters. The second kappa shape index (κ2) is 5.68. The van der Waals surface area contributed by atoms with Crippen molar-refractivity contribution >= 4 is 5.97 Å². The van der Waals surface area contributed by atoms with Gasteiger partial charge in [-0.25, -0.2) is 0 Å². The third-order valence-electron chi connectivity index (χ3n) is 4.42. The summed E-state index contributed by atoms with van der Waals surface area (Å²) in [6.45, 7) is 0.906. The molecule has 0 aromatic rings. The standard InChI is InChI=1S/C14H16F6O3/c1-7(6-12(22,13(15,16)17)14(18,19)20)23-11(21)10-5-8-2-3-9(10)4-8/h2-3,7-10,22H,4-6H2,1H3. The lowest BCUT2D eigenvalue weighted by atomic mass is 9.93. The highest BCUT2D eigenvalue weighted by molar-refractivity contribution is 5.74. The smallest absolute Gasteiger partial charge is 0.426 e. The Morgan fingerprint density at radius 2 is 1.74 bits per heavy atom. The molecular weight excluding hydrogens is 330 g/mol. The predicted octanol–water partition coefficient (Wildman–Crippen LogP) is 3.38. The average Bonchev–Trinajstić information content (AvgIpc) is 2.97. The van der Waals surface area contributed by atoms with Gasteiger partial charge in [-0.05, 0) is 31.6 Å². The van der Waals surface area contributed by atoms with Gasteiger partial charge in [0.15, 0.2) is 0 Å². The van der Waals surface area contributed by atoms with Crippen molar-refractivity contribution in [1.29, 1.82) is 0 Å². The van der Waals surface area contributed by atoms with Crippen LogP contribution in [-0.4, -0.2) is 35.1 Å². The molecule has 23 heavy (non-hydrogen) atoms. The van der Waals surface area contributed by atoms with Gasteiger partial charge < -0.3 is 9.84 Å². The number of esters is 1. The first-order valence-electron chi connectivity index (χ1n) is 7.10. The number of allylic oxidation sites excluding steroid dienone is 2. The van der Waals surface area contributed by atoms with Crippen molar-refractivity contribution in [2.75, 3.05) is 0 Å². The number of rotatable bonds is 4. The van der Waals surface area contributed by atoms with Crippen LogP contribution in [0.2, 0.25) is 0 Å². The molecular formula is C14H16F6O3. The van der Waals surface area contributed by atoms with E-state index in [1.165, 1.54) is 0 Å². The minimum Gasteiger partial charge on any atom is -0.462 e. The van der Waals surface area contributed by atoms with Crippen molar-refractivity contribution in [3.63, 3.8) is 0 Å². The van der Waals surface area contributed by atoms with Crippen molar-refractivity contribution in [3.8, 4) is 0 Å². The first-order valence-corrected chi connectivity index (χ1v) is 7.10. The summed E-state index contributed by atoms with van der Waals surface area (Å²) in [6, 6.07) is 0. The molecule has 0 aromatic carbocycles. The van der Waals surface area contributed by atoms with Crippen molar-refractivity contribution in [3.05, 3.63) is 12.2 Å². The molecule has 9 heteroatoms. The van der Waals surface area contributed by atoms with E-state index in [9.17, 15) is 31.1 Å². The van der Waals surface area contributed by atoms with E-state index in [2.05, 4.69) is 0 Å². The number of fused-ring (bicyclic) bond motifs is 2. The lowest BCUT2D eigenvalue weighted by Crippen LogP contribution is -2.58. The van der Waals surface area contributed by atoms with Gasteiger partial charge in [0, 0.05) is 6.42 Å². The summed E-state index contributed by atoms with van der Waals surface area (Å²) in [5.74, 6) is -1.24. The van der Waals surface area contributed by atoms with E-state index in [4.69, 9.17) is 9.84 Å².